The number of hydrogen-bond acceptors (Lipinski definition) is 5. The van der Waals surface area contributed by atoms with Gasteiger partial charge in [-0.15, -0.1) is 0 Å². The number of aromatic nitrogens is 2. The lowest BCUT2D eigenvalue weighted by Gasteiger charge is -2.39. The first-order chi connectivity index (χ1) is 13.2. The Bertz CT molecular complexity index is 958. The van der Waals surface area contributed by atoms with Crippen LogP contribution in [0.25, 0.3) is 5.65 Å². The lowest BCUT2D eigenvalue weighted by molar-refractivity contribution is 0.170. The highest BCUT2D eigenvalue weighted by atomic mass is 15.2. The lowest BCUT2D eigenvalue weighted by atomic mass is 9.89. The fraction of sp³-hybridized carbons (Fsp3) is 0.429. The molecule has 2 aromatic rings. The average Bonchev–Trinajstić information content (AvgIpc) is 3.11. The highest BCUT2D eigenvalue weighted by molar-refractivity contribution is 6.01. The van der Waals surface area contributed by atoms with E-state index >= 15 is 0 Å². The molecule has 0 radical (unpaired) electrons. The Kier molecular flexibility index (Phi) is 4.10. The highest BCUT2D eigenvalue weighted by Crippen LogP contribution is 2.33. The Morgan fingerprint density at radius 2 is 2.00 bits per heavy atom. The monoisotopic (exact) mass is 362 g/mol. The van der Waals surface area contributed by atoms with Gasteiger partial charge in [0.2, 0.25) is 0 Å². The number of hydrogen-bond donors (Lipinski definition) is 2. The van der Waals surface area contributed by atoms with E-state index in [1.165, 1.54) is 11.3 Å². The van der Waals surface area contributed by atoms with Crippen molar-refractivity contribution in [1.29, 1.82) is 0 Å². The first-order valence-corrected chi connectivity index (χ1v) is 9.89. The van der Waals surface area contributed by atoms with Crippen molar-refractivity contribution in [3.63, 3.8) is 0 Å². The van der Waals surface area contributed by atoms with Crippen LogP contribution >= 0.6 is 0 Å². The standard InChI is InChI=1S/C21H26N6/c22-15-6-9-26(10-7-15)18-3-1-2-14-4-5-17(25-21(14)18)19-13-24-20-12-16(23)8-11-27(19)20/h1-2,8,11-13,15,18H,3-7,9-10,22-23H2. The Hall–Kier alpha value is -2.44. The molecule has 1 saturated heterocycles. The largest absolute Gasteiger partial charge is 0.399 e. The van der Waals surface area contributed by atoms with Crippen molar-refractivity contribution in [3.05, 3.63) is 53.6 Å². The molecule has 6 heteroatoms. The second-order valence-electron chi connectivity index (χ2n) is 7.83. The number of fused-ring (bicyclic) bond motifs is 1. The molecule has 27 heavy (non-hydrogen) atoms. The zero-order valence-electron chi connectivity index (χ0n) is 15.5. The van der Waals surface area contributed by atoms with Crippen molar-refractivity contribution >= 4 is 17.0 Å². The van der Waals surface area contributed by atoms with Crippen LogP contribution in [0.2, 0.25) is 0 Å². The predicted octanol–water partition coefficient (Wildman–Crippen LogP) is 2.51. The average molecular weight is 362 g/mol. The first-order valence-electron chi connectivity index (χ1n) is 9.89. The molecule has 2 aromatic heterocycles. The van der Waals surface area contributed by atoms with Gasteiger partial charge in [-0.3, -0.25) is 14.3 Å². The van der Waals surface area contributed by atoms with Gasteiger partial charge in [0.1, 0.15) is 5.65 Å². The highest BCUT2D eigenvalue weighted by Gasteiger charge is 2.31. The molecule has 0 saturated carbocycles. The smallest absolute Gasteiger partial charge is 0.139 e. The number of rotatable bonds is 2. The van der Waals surface area contributed by atoms with Crippen molar-refractivity contribution in [2.45, 2.75) is 44.2 Å². The molecule has 0 amide bonds. The number of piperidine rings is 1. The van der Waals surface area contributed by atoms with E-state index < -0.39 is 0 Å². The number of nitrogens with two attached hydrogens (primary N) is 2. The minimum atomic E-state index is 0.352. The molecule has 4 heterocycles. The number of nitrogen functional groups attached to an aromatic ring is 1. The molecule has 5 rings (SSSR count). The summed E-state index contributed by atoms with van der Waals surface area (Å²) in [7, 11) is 0. The molecular weight excluding hydrogens is 336 g/mol. The van der Waals surface area contributed by atoms with Gasteiger partial charge in [-0.05, 0) is 43.7 Å². The number of nitrogens with zero attached hydrogens (tertiary/aromatic N) is 4. The molecule has 0 bridgehead atoms. The number of allylic oxidation sites excluding steroid dienone is 2. The zero-order chi connectivity index (χ0) is 18.4. The fourth-order valence-corrected chi connectivity index (χ4v) is 4.51. The van der Waals surface area contributed by atoms with Gasteiger partial charge in [-0.2, -0.15) is 0 Å². The van der Waals surface area contributed by atoms with E-state index in [1.807, 2.05) is 24.5 Å². The molecule has 4 N–H and O–H groups in total. The van der Waals surface area contributed by atoms with E-state index in [1.54, 1.807) is 0 Å². The molecule has 1 fully saturated rings. The Morgan fingerprint density at radius 3 is 2.85 bits per heavy atom. The number of likely N-dealkylation sites (tertiary alicyclic amines) is 1. The molecule has 2 aliphatic heterocycles. The number of pyridine rings is 1. The zero-order valence-corrected chi connectivity index (χ0v) is 15.5. The van der Waals surface area contributed by atoms with Gasteiger partial charge in [0.05, 0.1) is 29.3 Å². The van der Waals surface area contributed by atoms with Crippen molar-refractivity contribution < 1.29 is 0 Å². The summed E-state index contributed by atoms with van der Waals surface area (Å²) in [5, 5.41) is 0. The molecule has 1 atom stereocenters. The van der Waals surface area contributed by atoms with Crippen LogP contribution in [0.4, 0.5) is 5.69 Å². The fourth-order valence-electron chi connectivity index (χ4n) is 4.51. The summed E-state index contributed by atoms with van der Waals surface area (Å²) < 4.78 is 2.09. The van der Waals surface area contributed by atoms with E-state index in [0.717, 1.165) is 67.9 Å². The van der Waals surface area contributed by atoms with Gasteiger partial charge in [-0.1, -0.05) is 12.2 Å². The van der Waals surface area contributed by atoms with E-state index in [0.29, 0.717) is 12.1 Å². The lowest BCUT2D eigenvalue weighted by Crippen LogP contribution is -2.46. The summed E-state index contributed by atoms with van der Waals surface area (Å²) in [4.78, 5) is 12.3. The van der Waals surface area contributed by atoms with Gasteiger partial charge < -0.3 is 11.5 Å². The first kappa shape index (κ1) is 16.7. The van der Waals surface area contributed by atoms with Crippen LogP contribution in [0.3, 0.4) is 0 Å². The summed E-state index contributed by atoms with van der Waals surface area (Å²) in [5.41, 5.74) is 18.5. The molecule has 0 aromatic carbocycles. The van der Waals surface area contributed by atoms with Gasteiger partial charge in [0.25, 0.3) is 0 Å². The maximum atomic E-state index is 6.11. The van der Waals surface area contributed by atoms with Crippen LogP contribution in [0, 0.1) is 0 Å². The second kappa shape index (κ2) is 6.62. The Balaban J connectivity index is 1.50. The van der Waals surface area contributed by atoms with Crippen molar-refractivity contribution in [1.82, 2.24) is 14.3 Å². The predicted molar refractivity (Wildman–Crippen MR) is 109 cm³/mol. The van der Waals surface area contributed by atoms with Crippen LogP contribution in [0.5, 0.6) is 0 Å². The Labute approximate surface area is 159 Å². The Morgan fingerprint density at radius 1 is 1.15 bits per heavy atom. The van der Waals surface area contributed by atoms with Crippen molar-refractivity contribution in [3.8, 4) is 0 Å². The minimum absolute atomic E-state index is 0.352. The summed E-state index contributed by atoms with van der Waals surface area (Å²) in [5.74, 6) is 0. The number of imidazole rings is 1. The van der Waals surface area contributed by atoms with Crippen LogP contribution in [0.1, 0.15) is 37.8 Å². The molecule has 1 aliphatic carbocycles. The molecule has 140 valence electrons. The van der Waals surface area contributed by atoms with Crippen LogP contribution in [0.15, 0.2) is 52.9 Å². The third kappa shape index (κ3) is 2.99. The summed E-state index contributed by atoms with van der Waals surface area (Å²) in [6.07, 6.45) is 13.7. The maximum absolute atomic E-state index is 6.11. The minimum Gasteiger partial charge on any atom is -0.399 e. The van der Waals surface area contributed by atoms with Crippen molar-refractivity contribution in [2.75, 3.05) is 18.8 Å². The van der Waals surface area contributed by atoms with E-state index in [9.17, 15) is 0 Å². The van der Waals surface area contributed by atoms with E-state index in [-0.39, 0.29) is 0 Å². The van der Waals surface area contributed by atoms with Crippen LogP contribution in [-0.2, 0) is 0 Å². The summed E-state index contributed by atoms with van der Waals surface area (Å²) in [6, 6.07) is 4.54. The summed E-state index contributed by atoms with van der Waals surface area (Å²) in [6.45, 7) is 2.13. The number of aliphatic imine (C=N–C) groups is 1. The normalized spacial score (nSPS) is 24.3. The van der Waals surface area contributed by atoms with Crippen LogP contribution < -0.4 is 11.5 Å². The molecule has 3 aliphatic rings. The van der Waals surface area contributed by atoms with Gasteiger partial charge >= 0.3 is 0 Å². The summed E-state index contributed by atoms with van der Waals surface area (Å²) >= 11 is 0. The second-order valence-corrected chi connectivity index (χ2v) is 7.83. The van der Waals surface area contributed by atoms with Crippen molar-refractivity contribution in [2.24, 2.45) is 10.7 Å². The third-order valence-electron chi connectivity index (χ3n) is 6.06. The van der Waals surface area contributed by atoms with Gasteiger partial charge in [0.15, 0.2) is 0 Å². The molecule has 6 nitrogen and oxygen atoms in total. The van der Waals surface area contributed by atoms with Gasteiger partial charge in [-0.25, -0.2) is 4.98 Å². The van der Waals surface area contributed by atoms with E-state index in [2.05, 4.69) is 26.4 Å². The molecule has 1 unspecified atom stereocenters. The molecular formula is C21H26N6. The number of anilines is 1. The quantitative estimate of drug-likeness (QED) is 0.860. The maximum Gasteiger partial charge on any atom is 0.139 e. The SMILES string of the molecule is Nc1ccn2c(C3=NC4=C(C=CCC4N4CCC(N)CC4)CC3)cnc2c1. The topological polar surface area (TPSA) is 84.9 Å². The van der Waals surface area contributed by atoms with Crippen LogP contribution in [-0.4, -0.2) is 45.2 Å². The van der Waals surface area contributed by atoms with Gasteiger partial charge in [0, 0.05) is 37.1 Å². The molecule has 0 spiro atoms. The third-order valence-corrected chi connectivity index (χ3v) is 6.06. The van der Waals surface area contributed by atoms with E-state index in [4.69, 9.17) is 16.5 Å².